The van der Waals surface area contributed by atoms with Crippen molar-refractivity contribution < 1.29 is 27.0 Å². The van der Waals surface area contributed by atoms with E-state index in [2.05, 4.69) is 4.74 Å². The molecule has 1 aromatic carbocycles. The van der Waals surface area contributed by atoms with Crippen LogP contribution >= 0.6 is 0 Å². The van der Waals surface area contributed by atoms with E-state index in [1.54, 1.807) is 0 Å². The Morgan fingerprint density at radius 2 is 1.82 bits per heavy atom. The number of aliphatic hydroxyl groups excluding tert-OH is 1. The van der Waals surface area contributed by atoms with E-state index >= 15 is 0 Å². The third-order valence-electron chi connectivity index (χ3n) is 2.08. The number of sulfone groups is 1. The van der Waals surface area contributed by atoms with E-state index < -0.39 is 38.9 Å². The number of hydrogen-bond donors (Lipinski definition) is 1. The molecule has 0 aliphatic heterocycles. The molecule has 0 aliphatic carbocycles. The Kier molecular flexibility index (Phi) is 4.05. The van der Waals surface area contributed by atoms with Crippen molar-refractivity contribution in [3.05, 3.63) is 29.3 Å². The maximum atomic E-state index is 13.4. The minimum atomic E-state index is -3.54. The molecule has 0 radical (unpaired) electrons. The van der Waals surface area contributed by atoms with Crippen molar-refractivity contribution in [2.45, 2.75) is 6.10 Å². The highest BCUT2D eigenvalue weighted by atomic mass is 32.2. The van der Waals surface area contributed by atoms with Crippen LogP contribution in [0.15, 0.2) is 12.1 Å². The van der Waals surface area contributed by atoms with Crippen LogP contribution in [0, 0.1) is 11.6 Å². The Hall–Kier alpha value is -1.21. The molecule has 96 valence electrons. The van der Waals surface area contributed by atoms with Gasteiger partial charge >= 0.3 is 0 Å². The van der Waals surface area contributed by atoms with Crippen molar-refractivity contribution in [3.63, 3.8) is 0 Å². The van der Waals surface area contributed by atoms with Gasteiger partial charge in [-0.3, -0.25) is 0 Å². The topological polar surface area (TPSA) is 63.6 Å². The Balaban J connectivity index is 3.14. The van der Waals surface area contributed by atoms with Crippen LogP contribution in [-0.2, 0) is 9.84 Å². The summed E-state index contributed by atoms with van der Waals surface area (Å²) in [6, 6.07) is 1.76. The fraction of sp³-hybridized carbons (Fsp3) is 0.400. The predicted octanol–water partition coefficient (Wildman–Crippen LogP) is 1.05. The van der Waals surface area contributed by atoms with E-state index in [-0.39, 0.29) is 5.75 Å². The molecular weight excluding hydrogens is 254 g/mol. The zero-order valence-corrected chi connectivity index (χ0v) is 10.1. The number of ether oxygens (including phenoxy) is 1. The lowest BCUT2D eigenvalue weighted by Gasteiger charge is -2.12. The summed E-state index contributed by atoms with van der Waals surface area (Å²) < 4.78 is 53.4. The molecule has 0 heterocycles. The Morgan fingerprint density at radius 1 is 1.35 bits per heavy atom. The molecule has 0 saturated heterocycles. The molecule has 4 nitrogen and oxygen atoms in total. The first-order chi connectivity index (χ1) is 7.74. The minimum Gasteiger partial charge on any atom is -0.497 e. The van der Waals surface area contributed by atoms with E-state index in [1.807, 2.05) is 0 Å². The maximum absolute atomic E-state index is 13.4. The highest BCUT2D eigenvalue weighted by molar-refractivity contribution is 7.90. The molecule has 0 bridgehead atoms. The van der Waals surface area contributed by atoms with Crippen LogP contribution in [0.5, 0.6) is 5.75 Å². The normalized spacial score (nSPS) is 13.5. The fourth-order valence-corrected chi connectivity index (χ4v) is 2.11. The molecule has 1 rings (SSSR count). The third-order valence-corrected chi connectivity index (χ3v) is 3.00. The summed E-state index contributed by atoms with van der Waals surface area (Å²) in [5, 5.41) is 9.48. The van der Waals surface area contributed by atoms with Crippen LogP contribution in [0.25, 0.3) is 0 Å². The zero-order valence-electron chi connectivity index (χ0n) is 9.28. The van der Waals surface area contributed by atoms with Crippen molar-refractivity contribution in [2.24, 2.45) is 0 Å². The molecule has 0 aliphatic rings. The first-order valence-electron chi connectivity index (χ1n) is 4.63. The summed E-state index contributed by atoms with van der Waals surface area (Å²) in [6.45, 7) is 0. The average molecular weight is 266 g/mol. The lowest BCUT2D eigenvalue weighted by atomic mass is 10.1. The second kappa shape index (κ2) is 4.97. The van der Waals surface area contributed by atoms with Gasteiger partial charge in [-0.2, -0.15) is 0 Å². The second-order valence-electron chi connectivity index (χ2n) is 3.61. The van der Waals surface area contributed by atoms with E-state index in [4.69, 9.17) is 0 Å². The van der Waals surface area contributed by atoms with E-state index in [0.29, 0.717) is 0 Å². The SMILES string of the molecule is COc1cc(F)c(C(O)CS(C)(=O)=O)c(F)c1. The van der Waals surface area contributed by atoms with Gasteiger partial charge < -0.3 is 9.84 Å². The summed E-state index contributed by atoms with van der Waals surface area (Å²) in [5.74, 6) is -2.88. The number of benzene rings is 1. The van der Waals surface area contributed by atoms with Gasteiger partial charge in [0, 0.05) is 18.4 Å². The number of halogens is 2. The van der Waals surface area contributed by atoms with Crippen LogP contribution in [0.3, 0.4) is 0 Å². The van der Waals surface area contributed by atoms with Gasteiger partial charge in [0.25, 0.3) is 0 Å². The molecule has 0 spiro atoms. The smallest absolute Gasteiger partial charge is 0.150 e. The van der Waals surface area contributed by atoms with Gasteiger partial charge in [-0.15, -0.1) is 0 Å². The zero-order chi connectivity index (χ0) is 13.2. The van der Waals surface area contributed by atoms with Crippen molar-refractivity contribution in [1.82, 2.24) is 0 Å². The van der Waals surface area contributed by atoms with Gasteiger partial charge in [0.15, 0.2) is 0 Å². The predicted molar refractivity (Wildman–Crippen MR) is 57.6 cm³/mol. The van der Waals surface area contributed by atoms with Crippen molar-refractivity contribution in [1.29, 1.82) is 0 Å². The van der Waals surface area contributed by atoms with Gasteiger partial charge in [-0.25, -0.2) is 17.2 Å². The summed E-state index contributed by atoms with van der Waals surface area (Å²) in [5.41, 5.74) is -0.670. The van der Waals surface area contributed by atoms with Crippen molar-refractivity contribution in [2.75, 3.05) is 19.1 Å². The van der Waals surface area contributed by atoms with Crippen molar-refractivity contribution >= 4 is 9.84 Å². The molecule has 1 atom stereocenters. The molecule has 1 N–H and O–H groups in total. The highest BCUT2D eigenvalue weighted by Crippen LogP contribution is 2.26. The van der Waals surface area contributed by atoms with Gasteiger partial charge in [0.05, 0.1) is 24.5 Å². The minimum absolute atomic E-state index is 0.0460. The van der Waals surface area contributed by atoms with Crippen LogP contribution in [0.2, 0.25) is 0 Å². The Morgan fingerprint density at radius 3 is 2.18 bits per heavy atom. The summed E-state index contributed by atoms with van der Waals surface area (Å²) in [6.07, 6.45) is -0.869. The maximum Gasteiger partial charge on any atom is 0.150 e. The molecule has 0 amide bonds. The van der Waals surface area contributed by atoms with Crippen LogP contribution in [0.4, 0.5) is 8.78 Å². The standard InChI is InChI=1S/C10H12F2O4S/c1-16-6-3-7(11)10(8(12)4-6)9(13)5-17(2,14)15/h3-4,9,13H,5H2,1-2H3. The molecule has 1 aromatic rings. The second-order valence-corrected chi connectivity index (χ2v) is 5.80. The van der Waals surface area contributed by atoms with Gasteiger partial charge in [0.2, 0.25) is 0 Å². The number of hydrogen-bond acceptors (Lipinski definition) is 4. The van der Waals surface area contributed by atoms with Crippen LogP contribution in [-0.4, -0.2) is 32.6 Å². The average Bonchev–Trinajstić information content (AvgIpc) is 2.13. The lowest BCUT2D eigenvalue weighted by Crippen LogP contribution is -2.15. The van der Waals surface area contributed by atoms with E-state index in [0.717, 1.165) is 18.4 Å². The van der Waals surface area contributed by atoms with E-state index in [1.165, 1.54) is 7.11 Å². The quantitative estimate of drug-likeness (QED) is 0.884. The van der Waals surface area contributed by atoms with Crippen molar-refractivity contribution in [3.8, 4) is 5.75 Å². The molecule has 7 heteroatoms. The van der Waals surface area contributed by atoms with Gasteiger partial charge in [-0.05, 0) is 0 Å². The largest absolute Gasteiger partial charge is 0.497 e. The van der Waals surface area contributed by atoms with E-state index in [9.17, 15) is 22.3 Å². The van der Waals surface area contributed by atoms with Gasteiger partial charge in [-0.1, -0.05) is 0 Å². The summed E-state index contributed by atoms with van der Waals surface area (Å²) in [4.78, 5) is 0. The Labute approximate surface area is 97.8 Å². The number of aliphatic hydroxyl groups is 1. The molecule has 0 fully saturated rings. The lowest BCUT2D eigenvalue weighted by molar-refractivity contribution is 0.191. The molecule has 1 unspecified atom stereocenters. The van der Waals surface area contributed by atoms with Crippen LogP contribution < -0.4 is 4.74 Å². The first kappa shape index (κ1) is 13.9. The number of rotatable bonds is 4. The number of methoxy groups -OCH3 is 1. The monoisotopic (exact) mass is 266 g/mol. The molecule has 0 saturated carbocycles. The Bertz CT molecular complexity index is 490. The molecule has 17 heavy (non-hydrogen) atoms. The van der Waals surface area contributed by atoms with Crippen LogP contribution in [0.1, 0.15) is 11.7 Å². The molecular formula is C10H12F2O4S. The third kappa shape index (κ3) is 3.64. The fourth-order valence-electron chi connectivity index (χ4n) is 1.37. The first-order valence-corrected chi connectivity index (χ1v) is 6.69. The highest BCUT2D eigenvalue weighted by Gasteiger charge is 2.22. The summed E-state index contributed by atoms with van der Waals surface area (Å²) >= 11 is 0. The van der Waals surface area contributed by atoms with Gasteiger partial charge in [0.1, 0.15) is 27.2 Å². The molecule has 0 aromatic heterocycles. The summed E-state index contributed by atoms with van der Waals surface area (Å²) in [7, 11) is -2.30.